The summed E-state index contributed by atoms with van der Waals surface area (Å²) in [5, 5.41) is 18.6. The summed E-state index contributed by atoms with van der Waals surface area (Å²) < 4.78 is 7.80. The smallest absolute Gasteiger partial charge is 0.303 e. The van der Waals surface area contributed by atoms with E-state index in [4.69, 9.17) is 22.1 Å². The lowest BCUT2D eigenvalue weighted by molar-refractivity contribution is -0.137. The van der Waals surface area contributed by atoms with Gasteiger partial charge in [0.1, 0.15) is 21.8 Å². The highest BCUT2D eigenvalue weighted by Gasteiger charge is 2.33. The third kappa shape index (κ3) is 8.90. The Bertz CT molecular complexity index is 1230. The zero-order valence-electron chi connectivity index (χ0n) is 24.3. The standard InChI is InChI=1S/C30H42N4O5S2/c1-3-4-14-33-27(32-16-18-39-19-17-32)23(22(2)24(21-31)28(33)37)20-25-29(38)34(30(40)41-25)15-12-10-8-6-5-7-9-11-13-26(35)36/h20H,3-19H2,1-2H3,(H,35,36)/b25-20-. The van der Waals surface area contributed by atoms with Gasteiger partial charge in [0, 0.05) is 38.2 Å². The number of carbonyl (C=O) groups excluding carboxylic acids is 1. The number of thioether (sulfide) groups is 1. The molecule has 0 unspecified atom stereocenters. The van der Waals surface area contributed by atoms with Crippen LogP contribution in [0.4, 0.5) is 5.82 Å². The molecule has 1 amide bonds. The van der Waals surface area contributed by atoms with Crippen molar-refractivity contribution in [3.8, 4) is 6.07 Å². The molecule has 1 aromatic rings. The zero-order valence-corrected chi connectivity index (χ0v) is 25.9. The van der Waals surface area contributed by atoms with Gasteiger partial charge in [0.05, 0.1) is 18.1 Å². The fourth-order valence-electron chi connectivity index (χ4n) is 5.21. The van der Waals surface area contributed by atoms with Crippen molar-refractivity contribution >= 4 is 52.1 Å². The summed E-state index contributed by atoms with van der Waals surface area (Å²) >= 11 is 6.86. The van der Waals surface area contributed by atoms with Crippen molar-refractivity contribution in [3.05, 3.63) is 31.9 Å². The SMILES string of the molecule is CCCCn1c(N2CCOCC2)c(/C=C2\SC(=S)N(CCCCCCCCCCC(=O)O)C2=O)c(C)c(C#N)c1=O. The van der Waals surface area contributed by atoms with E-state index in [0.29, 0.717) is 54.2 Å². The summed E-state index contributed by atoms with van der Waals surface area (Å²) in [4.78, 5) is 41.7. The van der Waals surface area contributed by atoms with Gasteiger partial charge in [-0.3, -0.25) is 23.9 Å². The van der Waals surface area contributed by atoms with Crippen molar-refractivity contribution in [1.29, 1.82) is 5.26 Å². The lowest BCUT2D eigenvalue weighted by Gasteiger charge is -2.33. The molecule has 0 bridgehead atoms. The van der Waals surface area contributed by atoms with Gasteiger partial charge in [0.25, 0.3) is 11.5 Å². The summed E-state index contributed by atoms with van der Waals surface area (Å²) in [6.07, 6.45) is 11.7. The van der Waals surface area contributed by atoms with Crippen LogP contribution in [0.5, 0.6) is 0 Å². The number of hydrogen-bond donors (Lipinski definition) is 1. The lowest BCUT2D eigenvalue weighted by Crippen LogP contribution is -2.41. The second-order valence-electron chi connectivity index (χ2n) is 10.6. The summed E-state index contributed by atoms with van der Waals surface area (Å²) in [6, 6.07) is 2.11. The number of rotatable bonds is 16. The van der Waals surface area contributed by atoms with Crippen LogP contribution in [0.25, 0.3) is 6.08 Å². The summed E-state index contributed by atoms with van der Waals surface area (Å²) in [7, 11) is 0. The van der Waals surface area contributed by atoms with Gasteiger partial charge in [-0.25, -0.2) is 0 Å². The Balaban J connectivity index is 1.72. The molecule has 2 saturated heterocycles. The number of amides is 1. The van der Waals surface area contributed by atoms with Crippen LogP contribution in [0.3, 0.4) is 0 Å². The van der Waals surface area contributed by atoms with Gasteiger partial charge in [-0.15, -0.1) is 0 Å². The predicted molar refractivity (Wildman–Crippen MR) is 167 cm³/mol. The third-order valence-electron chi connectivity index (χ3n) is 7.56. The van der Waals surface area contributed by atoms with E-state index in [0.717, 1.165) is 75.6 Å². The number of aromatic nitrogens is 1. The minimum atomic E-state index is -0.730. The largest absolute Gasteiger partial charge is 0.481 e. The number of carboxylic acid groups (broad SMARTS) is 1. The van der Waals surface area contributed by atoms with Crippen LogP contribution in [0.2, 0.25) is 0 Å². The first kappa shape index (κ1) is 32.8. The van der Waals surface area contributed by atoms with Crippen molar-refractivity contribution in [2.24, 2.45) is 0 Å². The van der Waals surface area contributed by atoms with E-state index in [9.17, 15) is 19.6 Å². The lowest BCUT2D eigenvalue weighted by atomic mass is 10.0. The maximum Gasteiger partial charge on any atom is 0.303 e. The maximum absolute atomic E-state index is 13.5. The van der Waals surface area contributed by atoms with E-state index in [1.165, 1.54) is 11.8 Å². The molecule has 2 aliphatic heterocycles. The molecule has 11 heteroatoms. The van der Waals surface area contributed by atoms with Crippen molar-refractivity contribution < 1.29 is 19.4 Å². The molecule has 2 aliphatic rings. The van der Waals surface area contributed by atoms with Crippen LogP contribution < -0.4 is 10.5 Å². The highest BCUT2D eigenvalue weighted by molar-refractivity contribution is 8.26. The average Bonchev–Trinajstić information content (AvgIpc) is 3.22. The predicted octanol–water partition coefficient (Wildman–Crippen LogP) is 5.46. The number of thiocarbonyl (C=S) groups is 1. The molecule has 1 aromatic heterocycles. The summed E-state index contributed by atoms with van der Waals surface area (Å²) in [5.74, 6) is -0.113. The number of nitriles is 1. The molecule has 1 N–H and O–H groups in total. The summed E-state index contributed by atoms with van der Waals surface area (Å²) in [5.41, 5.74) is 1.13. The second kappa shape index (κ2) is 16.7. The Labute approximate surface area is 252 Å². The molecule has 3 heterocycles. The number of morpholine rings is 1. The highest BCUT2D eigenvalue weighted by Crippen LogP contribution is 2.36. The fraction of sp³-hybridized carbons (Fsp3) is 0.633. The molecular formula is C30H42N4O5S2. The monoisotopic (exact) mass is 602 g/mol. The van der Waals surface area contributed by atoms with Crippen molar-refractivity contribution in [1.82, 2.24) is 9.47 Å². The molecule has 224 valence electrons. The first-order chi connectivity index (χ1) is 19.8. The van der Waals surface area contributed by atoms with Crippen molar-refractivity contribution in [3.63, 3.8) is 0 Å². The van der Waals surface area contributed by atoms with Gasteiger partial charge in [-0.1, -0.05) is 75.8 Å². The van der Waals surface area contributed by atoms with Crippen molar-refractivity contribution in [2.75, 3.05) is 37.7 Å². The van der Waals surface area contributed by atoms with E-state index in [1.807, 2.05) is 6.08 Å². The number of nitrogens with zero attached hydrogens (tertiary/aromatic N) is 4. The molecule has 2 fully saturated rings. The Morgan fingerprint density at radius 2 is 1.68 bits per heavy atom. The quantitative estimate of drug-likeness (QED) is 0.150. The van der Waals surface area contributed by atoms with Gasteiger partial charge in [0.15, 0.2) is 0 Å². The van der Waals surface area contributed by atoms with Crippen LogP contribution in [-0.4, -0.2) is 63.6 Å². The topological polar surface area (TPSA) is 116 Å². The fourth-order valence-corrected chi connectivity index (χ4v) is 6.50. The molecule has 0 aliphatic carbocycles. The highest BCUT2D eigenvalue weighted by atomic mass is 32.2. The normalized spacial score (nSPS) is 16.6. The molecule has 0 aromatic carbocycles. The second-order valence-corrected chi connectivity index (χ2v) is 12.2. The Morgan fingerprint density at radius 3 is 2.29 bits per heavy atom. The van der Waals surface area contributed by atoms with Gasteiger partial charge in [-0.05, 0) is 37.8 Å². The number of carboxylic acids is 1. The average molecular weight is 603 g/mol. The molecule has 0 radical (unpaired) electrons. The Kier molecular flexibility index (Phi) is 13.4. The first-order valence-corrected chi connectivity index (χ1v) is 16.0. The van der Waals surface area contributed by atoms with Crippen LogP contribution in [0, 0.1) is 18.3 Å². The summed E-state index contributed by atoms with van der Waals surface area (Å²) in [6.45, 7) is 7.27. The third-order valence-corrected chi connectivity index (χ3v) is 8.94. The molecule has 3 rings (SSSR count). The Hall–Kier alpha value is -2.68. The molecule has 0 spiro atoms. The number of hydrogen-bond acceptors (Lipinski definition) is 8. The van der Waals surface area contributed by atoms with E-state index in [-0.39, 0.29) is 23.5 Å². The first-order valence-electron chi connectivity index (χ1n) is 14.8. The molecule has 9 nitrogen and oxygen atoms in total. The number of anilines is 1. The number of carbonyl (C=O) groups is 2. The van der Waals surface area contributed by atoms with E-state index < -0.39 is 5.97 Å². The van der Waals surface area contributed by atoms with E-state index in [2.05, 4.69) is 17.9 Å². The van der Waals surface area contributed by atoms with E-state index >= 15 is 0 Å². The number of unbranched alkanes of at least 4 members (excludes halogenated alkanes) is 8. The molecule has 0 saturated carbocycles. The van der Waals surface area contributed by atoms with E-state index in [1.54, 1.807) is 16.4 Å². The molecular weight excluding hydrogens is 560 g/mol. The number of aliphatic carboxylic acids is 1. The molecule has 0 atom stereocenters. The van der Waals surface area contributed by atoms with Crippen LogP contribution in [0.15, 0.2) is 9.70 Å². The minimum absolute atomic E-state index is 0.113. The number of ether oxygens (including phenoxy) is 1. The zero-order chi connectivity index (χ0) is 29.8. The van der Waals surface area contributed by atoms with Gasteiger partial charge in [-0.2, -0.15) is 5.26 Å². The minimum Gasteiger partial charge on any atom is -0.481 e. The van der Waals surface area contributed by atoms with Crippen molar-refractivity contribution in [2.45, 2.75) is 91.0 Å². The Morgan fingerprint density at radius 1 is 1.05 bits per heavy atom. The van der Waals surface area contributed by atoms with Crippen LogP contribution in [0.1, 0.15) is 94.2 Å². The number of pyridine rings is 1. The van der Waals surface area contributed by atoms with Gasteiger partial charge < -0.3 is 14.7 Å². The van der Waals surface area contributed by atoms with Crippen LogP contribution >= 0.6 is 24.0 Å². The maximum atomic E-state index is 13.5. The van der Waals surface area contributed by atoms with Gasteiger partial charge >= 0.3 is 5.97 Å². The van der Waals surface area contributed by atoms with Crippen LogP contribution in [-0.2, 0) is 20.9 Å². The molecule has 41 heavy (non-hydrogen) atoms. The van der Waals surface area contributed by atoms with Gasteiger partial charge in [0.2, 0.25) is 0 Å².